The lowest BCUT2D eigenvalue weighted by molar-refractivity contribution is -0.124. The van der Waals surface area contributed by atoms with Gasteiger partial charge in [-0.2, -0.15) is 0 Å². The first-order valence-corrected chi connectivity index (χ1v) is 5.55. The number of carbonyl (C=O) groups is 1. The minimum Gasteiger partial charge on any atom is -0.394 e. The van der Waals surface area contributed by atoms with E-state index < -0.39 is 6.04 Å². The number of aliphatic hydroxyl groups excluding tert-OH is 1. The second kappa shape index (κ2) is 6.80. The molecule has 15 heavy (non-hydrogen) atoms. The molecule has 0 saturated carbocycles. The van der Waals surface area contributed by atoms with Crippen LogP contribution in [0.5, 0.6) is 0 Å². The van der Waals surface area contributed by atoms with Crippen molar-refractivity contribution < 1.29 is 9.90 Å². The molecule has 4 heteroatoms. The number of rotatable bonds is 6. The summed E-state index contributed by atoms with van der Waals surface area (Å²) in [5, 5.41) is 11.9. The van der Waals surface area contributed by atoms with Gasteiger partial charge in [-0.05, 0) is 18.3 Å². The van der Waals surface area contributed by atoms with Gasteiger partial charge in [-0.25, -0.2) is 0 Å². The van der Waals surface area contributed by atoms with E-state index in [1.54, 1.807) is 0 Å². The molecule has 90 valence electrons. The van der Waals surface area contributed by atoms with Gasteiger partial charge in [0.2, 0.25) is 5.91 Å². The molecule has 0 spiro atoms. The molecule has 1 amide bonds. The van der Waals surface area contributed by atoms with Gasteiger partial charge in [-0.15, -0.1) is 0 Å². The highest BCUT2D eigenvalue weighted by Crippen LogP contribution is 2.05. The fraction of sp³-hybridized carbons (Fsp3) is 0.909. The first-order valence-electron chi connectivity index (χ1n) is 5.55. The van der Waals surface area contributed by atoms with Gasteiger partial charge in [-0.1, -0.05) is 27.7 Å². The van der Waals surface area contributed by atoms with Crippen molar-refractivity contribution in [3.63, 3.8) is 0 Å². The zero-order chi connectivity index (χ0) is 12.0. The normalized spacial score (nSPS) is 15.5. The van der Waals surface area contributed by atoms with Gasteiger partial charge in [-0.3, -0.25) is 4.79 Å². The molecule has 0 saturated heterocycles. The van der Waals surface area contributed by atoms with Crippen molar-refractivity contribution in [3.8, 4) is 0 Å². The average molecular weight is 216 g/mol. The average Bonchev–Trinajstić information content (AvgIpc) is 2.14. The van der Waals surface area contributed by atoms with Crippen LogP contribution < -0.4 is 11.1 Å². The highest BCUT2D eigenvalue weighted by Gasteiger charge is 2.20. The first kappa shape index (κ1) is 14.4. The highest BCUT2D eigenvalue weighted by molar-refractivity contribution is 5.82. The Morgan fingerprint density at radius 3 is 2.20 bits per heavy atom. The predicted octanol–water partition coefficient (Wildman–Crippen LogP) is 0.493. The Morgan fingerprint density at radius 1 is 1.33 bits per heavy atom. The maximum Gasteiger partial charge on any atom is 0.237 e. The van der Waals surface area contributed by atoms with E-state index >= 15 is 0 Å². The van der Waals surface area contributed by atoms with Gasteiger partial charge < -0.3 is 16.2 Å². The molecular weight excluding hydrogens is 192 g/mol. The molecule has 0 aliphatic rings. The molecule has 0 aromatic rings. The molecule has 0 aromatic heterocycles. The Hall–Kier alpha value is -0.610. The maximum atomic E-state index is 11.6. The molecule has 0 fully saturated rings. The van der Waals surface area contributed by atoms with Crippen molar-refractivity contribution in [2.24, 2.45) is 17.6 Å². The van der Waals surface area contributed by atoms with Gasteiger partial charge in [0.1, 0.15) is 0 Å². The summed E-state index contributed by atoms with van der Waals surface area (Å²) in [5.41, 5.74) is 5.70. The summed E-state index contributed by atoms with van der Waals surface area (Å²) in [4.78, 5) is 11.6. The molecule has 0 radical (unpaired) electrons. The number of aliphatic hydroxyl groups is 1. The molecule has 4 N–H and O–H groups in total. The van der Waals surface area contributed by atoms with Crippen molar-refractivity contribution in [1.82, 2.24) is 5.32 Å². The maximum absolute atomic E-state index is 11.6. The van der Waals surface area contributed by atoms with Crippen molar-refractivity contribution in [2.45, 2.75) is 46.2 Å². The summed E-state index contributed by atoms with van der Waals surface area (Å²) in [6.07, 6.45) is 0.771. The Bertz CT molecular complexity index is 193. The molecule has 0 aromatic carbocycles. The third kappa shape index (κ3) is 5.74. The molecular formula is C11H24N2O2. The molecule has 0 aliphatic carbocycles. The van der Waals surface area contributed by atoms with Gasteiger partial charge in [0.15, 0.2) is 0 Å². The van der Waals surface area contributed by atoms with E-state index in [4.69, 9.17) is 10.8 Å². The molecule has 4 nitrogen and oxygen atoms in total. The molecule has 0 rings (SSSR count). The summed E-state index contributed by atoms with van der Waals surface area (Å²) >= 11 is 0. The molecule has 2 atom stereocenters. The van der Waals surface area contributed by atoms with Gasteiger partial charge >= 0.3 is 0 Å². The minimum atomic E-state index is -0.494. The topological polar surface area (TPSA) is 75.3 Å². The fourth-order valence-corrected chi connectivity index (χ4v) is 1.35. The molecule has 0 bridgehead atoms. The number of nitrogens with one attached hydrogen (secondary N) is 1. The lowest BCUT2D eigenvalue weighted by atomic mass is 10.0. The third-order valence-electron chi connectivity index (χ3n) is 2.34. The zero-order valence-electron chi connectivity index (χ0n) is 10.2. The van der Waals surface area contributed by atoms with Crippen LogP contribution in [0.3, 0.4) is 0 Å². The van der Waals surface area contributed by atoms with Crippen LogP contribution >= 0.6 is 0 Å². The van der Waals surface area contributed by atoms with Crippen molar-refractivity contribution >= 4 is 5.91 Å². The smallest absolute Gasteiger partial charge is 0.237 e. The van der Waals surface area contributed by atoms with E-state index in [0.29, 0.717) is 5.92 Å². The number of hydrogen-bond acceptors (Lipinski definition) is 3. The van der Waals surface area contributed by atoms with Crippen LogP contribution in [0.4, 0.5) is 0 Å². The fourth-order valence-electron chi connectivity index (χ4n) is 1.35. The van der Waals surface area contributed by atoms with E-state index in [1.165, 1.54) is 0 Å². The number of amides is 1. The summed E-state index contributed by atoms with van der Waals surface area (Å²) < 4.78 is 0. The molecule has 0 aliphatic heterocycles. The lowest BCUT2D eigenvalue weighted by Crippen LogP contribution is -2.49. The SMILES string of the molecule is CC(C)CC(CO)NC(=O)[C@@H](N)C(C)C. The summed E-state index contributed by atoms with van der Waals surface area (Å²) in [7, 11) is 0. The summed E-state index contributed by atoms with van der Waals surface area (Å²) in [6.45, 7) is 7.88. The van der Waals surface area contributed by atoms with Crippen molar-refractivity contribution in [3.05, 3.63) is 0 Å². The van der Waals surface area contributed by atoms with Crippen LogP contribution in [0.1, 0.15) is 34.1 Å². The summed E-state index contributed by atoms with van der Waals surface area (Å²) in [5.74, 6) is 0.380. The monoisotopic (exact) mass is 216 g/mol. The molecule has 1 unspecified atom stereocenters. The van der Waals surface area contributed by atoms with E-state index in [2.05, 4.69) is 19.2 Å². The summed E-state index contributed by atoms with van der Waals surface area (Å²) in [6, 6.07) is -0.673. The zero-order valence-corrected chi connectivity index (χ0v) is 10.2. The quantitative estimate of drug-likeness (QED) is 0.605. The van der Waals surface area contributed by atoms with Gasteiger partial charge in [0.05, 0.1) is 18.7 Å². The number of hydrogen-bond donors (Lipinski definition) is 3. The second-order valence-electron chi connectivity index (χ2n) is 4.79. The lowest BCUT2D eigenvalue weighted by Gasteiger charge is -2.22. The van der Waals surface area contributed by atoms with E-state index in [0.717, 1.165) is 6.42 Å². The van der Waals surface area contributed by atoms with E-state index in [9.17, 15) is 4.79 Å². The second-order valence-corrected chi connectivity index (χ2v) is 4.79. The minimum absolute atomic E-state index is 0.0330. The highest BCUT2D eigenvalue weighted by atomic mass is 16.3. The van der Waals surface area contributed by atoms with Gasteiger partial charge in [0.25, 0.3) is 0 Å². The van der Waals surface area contributed by atoms with Crippen LogP contribution in [0, 0.1) is 11.8 Å². The van der Waals surface area contributed by atoms with E-state index in [-0.39, 0.29) is 24.5 Å². The Balaban J connectivity index is 4.12. The van der Waals surface area contributed by atoms with Gasteiger partial charge in [0, 0.05) is 0 Å². The van der Waals surface area contributed by atoms with Crippen molar-refractivity contribution in [1.29, 1.82) is 0 Å². The predicted molar refractivity (Wildman–Crippen MR) is 61.3 cm³/mol. The largest absolute Gasteiger partial charge is 0.394 e. The standard InChI is InChI=1S/C11H24N2O2/c1-7(2)5-9(6-14)13-11(15)10(12)8(3)4/h7-10,14H,5-6,12H2,1-4H3,(H,13,15)/t9?,10-/m0/s1. The van der Waals surface area contributed by atoms with Crippen molar-refractivity contribution in [2.75, 3.05) is 6.61 Å². The van der Waals surface area contributed by atoms with Crippen LogP contribution in [-0.4, -0.2) is 29.7 Å². The molecule has 0 heterocycles. The Labute approximate surface area is 92.2 Å². The van der Waals surface area contributed by atoms with Crippen LogP contribution in [0.15, 0.2) is 0 Å². The number of nitrogens with two attached hydrogens (primary N) is 1. The van der Waals surface area contributed by atoms with Crippen LogP contribution in [0.2, 0.25) is 0 Å². The third-order valence-corrected chi connectivity index (χ3v) is 2.34. The number of carbonyl (C=O) groups excluding carboxylic acids is 1. The Morgan fingerprint density at radius 2 is 1.87 bits per heavy atom. The Kier molecular flexibility index (Phi) is 6.52. The van der Waals surface area contributed by atoms with E-state index in [1.807, 2.05) is 13.8 Å². The van der Waals surface area contributed by atoms with Crippen LogP contribution in [0.25, 0.3) is 0 Å². The van der Waals surface area contributed by atoms with Crippen LogP contribution in [-0.2, 0) is 4.79 Å². The first-order chi connectivity index (χ1) is 6.88.